The Bertz CT molecular complexity index is 152. The summed E-state index contributed by atoms with van der Waals surface area (Å²) in [5.41, 5.74) is 0. The van der Waals surface area contributed by atoms with Crippen molar-refractivity contribution in [3.63, 3.8) is 0 Å². The predicted molar refractivity (Wildman–Crippen MR) is 75.3 cm³/mol. The van der Waals surface area contributed by atoms with Crippen LogP contribution in [0.1, 0.15) is 59.3 Å². The predicted octanol–water partition coefficient (Wildman–Crippen LogP) is 3.52. The summed E-state index contributed by atoms with van der Waals surface area (Å²) in [6.07, 6.45) is 6.31. The highest BCUT2D eigenvalue weighted by Gasteiger charge is 2.44. The van der Waals surface area contributed by atoms with Crippen LogP contribution in [0, 0.1) is 0 Å². The van der Waals surface area contributed by atoms with Crippen molar-refractivity contribution in [2.24, 2.45) is 0 Å². The van der Waals surface area contributed by atoms with Crippen molar-refractivity contribution in [3.05, 3.63) is 0 Å². The second-order valence-corrected chi connectivity index (χ2v) is 6.58. The van der Waals surface area contributed by atoms with E-state index in [1.807, 2.05) is 0 Å². The van der Waals surface area contributed by atoms with E-state index in [-0.39, 0.29) is 0 Å². The minimum atomic E-state index is -2.88. The van der Waals surface area contributed by atoms with Gasteiger partial charge in [0.05, 0.1) is 0 Å². The van der Waals surface area contributed by atoms with Crippen molar-refractivity contribution in [3.8, 4) is 0 Å². The Labute approximate surface area is 113 Å². The largest absolute Gasteiger partial charge is 0.679 e. The van der Waals surface area contributed by atoms with E-state index in [2.05, 4.69) is 20.8 Å². The Morgan fingerprint density at radius 1 is 0.667 bits per heavy atom. The van der Waals surface area contributed by atoms with E-state index in [1.54, 1.807) is 7.11 Å². The summed E-state index contributed by atoms with van der Waals surface area (Å²) in [5, 5.41) is 0. The number of hydrogen-bond donors (Lipinski definition) is 0. The molecule has 0 amide bonds. The molecule has 5 heteroatoms. The molecule has 0 atom stereocenters. The number of rotatable bonds is 13. The van der Waals surface area contributed by atoms with Gasteiger partial charge in [-0.15, -0.1) is 0 Å². The second-order valence-electron chi connectivity index (χ2n) is 4.31. The fraction of sp³-hybridized carbons (Fsp3) is 1.00. The minimum absolute atomic E-state index is 0.648. The van der Waals surface area contributed by atoms with Gasteiger partial charge in [0.1, 0.15) is 0 Å². The van der Waals surface area contributed by atoms with E-state index in [9.17, 15) is 0 Å². The first kappa shape index (κ1) is 18.1. The maximum Gasteiger partial charge on any atom is 0.679 e. The van der Waals surface area contributed by atoms with Gasteiger partial charge in [0.2, 0.25) is 0 Å². The summed E-state index contributed by atoms with van der Waals surface area (Å²) >= 11 is 0. The van der Waals surface area contributed by atoms with Gasteiger partial charge in [0.25, 0.3) is 0 Å². The molecule has 0 bridgehead atoms. The highest BCUT2D eigenvalue weighted by Crippen LogP contribution is 2.13. The van der Waals surface area contributed by atoms with E-state index in [4.69, 9.17) is 17.7 Å². The van der Waals surface area contributed by atoms with Crippen LogP contribution in [0.3, 0.4) is 0 Å². The fourth-order valence-corrected chi connectivity index (χ4v) is 3.11. The molecule has 0 unspecified atom stereocenters. The Morgan fingerprint density at radius 3 is 1.22 bits per heavy atom. The highest BCUT2D eigenvalue weighted by molar-refractivity contribution is 6.53. The standard InChI is InChI=1S/C13H30O4Si/c1-5-8-11-15-18(14-4,16-12-9-6-2)17-13-10-7-3/h5-13H2,1-4H3. The topological polar surface area (TPSA) is 36.9 Å². The van der Waals surface area contributed by atoms with Crippen LogP contribution in [-0.4, -0.2) is 36.0 Å². The maximum absolute atomic E-state index is 5.78. The average molecular weight is 278 g/mol. The van der Waals surface area contributed by atoms with Crippen molar-refractivity contribution in [1.82, 2.24) is 0 Å². The molecule has 0 saturated heterocycles. The molecule has 4 nitrogen and oxygen atoms in total. The molecule has 0 aliphatic rings. The molecular formula is C13H30O4Si. The lowest BCUT2D eigenvalue weighted by Gasteiger charge is -2.26. The van der Waals surface area contributed by atoms with E-state index in [0.29, 0.717) is 19.8 Å². The van der Waals surface area contributed by atoms with Gasteiger partial charge >= 0.3 is 9.05 Å². The van der Waals surface area contributed by atoms with Gasteiger partial charge in [-0.05, 0) is 19.3 Å². The fourth-order valence-electron chi connectivity index (χ4n) is 1.33. The lowest BCUT2D eigenvalue weighted by Crippen LogP contribution is -2.49. The quantitative estimate of drug-likeness (QED) is 0.381. The third-order valence-corrected chi connectivity index (χ3v) is 4.75. The molecule has 0 aliphatic carbocycles. The number of unbranched alkanes of at least 4 members (excludes halogenated alkanes) is 3. The smallest absolute Gasteiger partial charge is 0.355 e. The van der Waals surface area contributed by atoms with Crippen LogP contribution < -0.4 is 0 Å². The van der Waals surface area contributed by atoms with Gasteiger partial charge in [-0.1, -0.05) is 40.0 Å². The van der Waals surface area contributed by atoms with Gasteiger partial charge in [0.15, 0.2) is 0 Å². The monoisotopic (exact) mass is 278 g/mol. The van der Waals surface area contributed by atoms with Crippen molar-refractivity contribution in [2.75, 3.05) is 26.9 Å². The molecule has 0 N–H and O–H groups in total. The third kappa shape index (κ3) is 8.21. The highest BCUT2D eigenvalue weighted by atomic mass is 28.4. The summed E-state index contributed by atoms with van der Waals surface area (Å²) in [5.74, 6) is 0. The van der Waals surface area contributed by atoms with E-state index >= 15 is 0 Å². The van der Waals surface area contributed by atoms with E-state index < -0.39 is 9.05 Å². The molecule has 110 valence electrons. The van der Waals surface area contributed by atoms with Crippen LogP contribution in [0.25, 0.3) is 0 Å². The molecule has 18 heavy (non-hydrogen) atoms. The van der Waals surface area contributed by atoms with Crippen LogP contribution in [0.15, 0.2) is 0 Å². The average Bonchev–Trinajstić information content (AvgIpc) is 2.39. The van der Waals surface area contributed by atoms with Crippen molar-refractivity contribution in [2.45, 2.75) is 59.3 Å². The Kier molecular flexibility index (Phi) is 12.1. The molecule has 0 aromatic carbocycles. The lowest BCUT2D eigenvalue weighted by atomic mass is 10.4. The normalized spacial score (nSPS) is 12.0. The molecule has 0 aromatic rings. The summed E-state index contributed by atoms with van der Waals surface area (Å²) in [4.78, 5) is 0. The van der Waals surface area contributed by atoms with E-state index in [1.165, 1.54) is 0 Å². The maximum atomic E-state index is 5.78. The molecule has 0 aromatic heterocycles. The Balaban J connectivity index is 4.20. The first-order chi connectivity index (χ1) is 8.74. The lowest BCUT2D eigenvalue weighted by molar-refractivity contribution is -0.0240. The SMILES string of the molecule is CCCCO[Si](OC)(OCCCC)OCCCC. The number of hydrogen-bond acceptors (Lipinski definition) is 4. The summed E-state index contributed by atoms with van der Waals surface area (Å²) in [7, 11) is -1.26. The van der Waals surface area contributed by atoms with Gasteiger partial charge in [-0.2, -0.15) is 0 Å². The Hall–Kier alpha value is 0.0569. The zero-order valence-corrected chi connectivity index (χ0v) is 13.5. The molecule has 0 heterocycles. The van der Waals surface area contributed by atoms with Gasteiger partial charge in [0, 0.05) is 26.9 Å². The van der Waals surface area contributed by atoms with Crippen LogP contribution >= 0.6 is 0 Å². The first-order valence-corrected chi connectivity index (χ1v) is 8.85. The third-order valence-electron chi connectivity index (χ3n) is 2.58. The molecular weight excluding hydrogens is 248 g/mol. The summed E-state index contributed by atoms with van der Waals surface area (Å²) in [6, 6.07) is 0. The first-order valence-electron chi connectivity index (χ1n) is 7.21. The molecule has 0 saturated carbocycles. The van der Waals surface area contributed by atoms with Gasteiger partial charge < -0.3 is 17.7 Å². The zero-order chi connectivity index (χ0) is 13.7. The van der Waals surface area contributed by atoms with Crippen molar-refractivity contribution >= 4 is 9.05 Å². The van der Waals surface area contributed by atoms with Crippen LogP contribution in [-0.2, 0) is 17.7 Å². The molecule has 0 radical (unpaired) electrons. The van der Waals surface area contributed by atoms with Gasteiger partial charge in [-0.25, -0.2) is 0 Å². The van der Waals surface area contributed by atoms with Crippen LogP contribution in [0.5, 0.6) is 0 Å². The molecule has 0 rings (SSSR count). The molecule has 0 fully saturated rings. The van der Waals surface area contributed by atoms with Gasteiger partial charge in [-0.3, -0.25) is 0 Å². The zero-order valence-electron chi connectivity index (χ0n) is 12.5. The summed E-state index contributed by atoms with van der Waals surface area (Å²) < 4.78 is 22.8. The van der Waals surface area contributed by atoms with Crippen LogP contribution in [0.4, 0.5) is 0 Å². The molecule has 0 aliphatic heterocycles. The van der Waals surface area contributed by atoms with E-state index in [0.717, 1.165) is 38.5 Å². The van der Waals surface area contributed by atoms with Crippen LogP contribution in [0.2, 0.25) is 0 Å². The van der Waals surface area contributed by atoms with Crippen molar-refractivity contribution in [1.29, 1.82) is 0 Å². The minimum Gasteiger partial charge on any atom is -0.355 e. The second kappa shape index (κ2) is 12.1. The molecule has 0 spiro atoms. The van der Waals surface area contributed by atoms with Crippen molar-refractivity contribution < 1.29 is 17.7 Å². The summed E-state index contributed by atoms with van der Waals surface area (Å²) in [6.45, 7) is 8.35. The Morgan fingerprint density at radius 2 is 1.00 bits per heavy atom.